The summed E-state index contributed by atoms with van der Waals surface area (Å²) < 4.78 is 0. The minimum Gasteiger partial charge on any atom is -0.150 e. The number of rotatable bonds is 4. The largest absolute Gasteiger partial charge is 0.150 e. The van der Waals surface area contributed by atoms with E-state index < -0.39 is 0 Å². The average Bonchev–Trinajstić information content (AvgIpc) is 1.84. The van der Waals surface area contributed by atoms with Crippen LogP contribution in [0.1, 0.15) is 53.9 Å². The average molecular weight is 171 g/mol. The summed E-state index contributed by atoms with van der Waals surface area (Å²) in [4.78, 5) is 10.3. The summed E-state index contributed by atoms with van der Waals surface area (Å²) in [7, 11) is 0. The van der Waals surface area contributed by atoms with Gasteiger partial charge >= 0.3 is 0 Å². The molecule has 0 saturated heterocycles. The zero-order valence-electron chi connectivity index (χ0n) is 8.98. The zero-order chi connectivity index (χ0) is 9.83. The van der Waals surface area contributed by atoms with Gasteiger partial charge < -0.3 is 0 Å². The normalized spacial score (nSPS) is 13.1. The second-order valence-corrected chi connectivity index (χ2v) is 5.32. The first-order valence-electron chi connectivity index (χ1n) is 4.61. The third kappa shape index (κ3) is 6.32. The van der Waals surface area contributed by atoms with Gasteiger partial charge in [0, 0.05) is 0 Å². The van der Waals surface area contributed by atoms with Gasteiger partial charge in [-0.15, -0.1) is 0 Å². The van der Waals surface area contributed by atoms with Gasteiger partial charge in [-0.25, -0.2) is 0 Å². The second-order valence-electron chi connectivity index (χ2n) is 5.32. The van der Waals surface area contributed by atoms with Gasteiger partial charge in [0.1, 0.15) is 0 Å². The summed E-state index contributed by atoms with van der Waals surface area (Å²) >= 11 is 0. The first-order chi connectivity index (χ1) is 5.27. The van der Waals surface area contributed by atoms with Crippen molar-refractivity contribution in [3.05, 3.63) is 4.91 Å². The van der Waals surface area contributed by atoms with E-state index in [4.69, 9.17) is 0 Å². The highest BCUT2D eigenvalue weighted by Crippen LogP contribution is 2.25. The maximum Gasteiger partial charge on any atom is 0.0970 e. The molecule has 0 aromatic carbocycles. The summed E-state index contributed by atoms with van der Waals surface area (Å²) in [5, 5.41) is 3.09. The van der Waals surface area contributed by atoms with Crippen molar-refractivity contribution in [3.63, 3.8) is 0 Å². The Bertz CT molecular complexity index is 144. The van der Waals surface area contributed by atoms with Crippen LogP contribution in [0.4, 0.5) is 0 Å². The molecule has 2 nitrogen and oxygen atoms in total. The summed E-state index contributed by atoms with van der Waals surface area (Å²) in [5.41, 5.74) is 0.00418. The summed E-state index contributed by atoms with van der Waals surface area (Å²) in [6, 6.07) is 0. The summed E-state index contributed by atoms with van der Waals surface area (Å²) in [6.45, 7) is 10.4. The van der Waals surface area contributed by atoms with Crippen LogP contribution in [0, 0.1) is 10.3 Å². The van der Waals surface area contributed by atoms with Gasteiger partial charge in [-0.3, -0.25) is 0 Å². The van der Waals surface area contributed by atoms with E-state index in [1.54, 1.807) is 0 Å². The van der Waals surface area contributed by atoms with Crippen molar-refractivity contribution in [2.24, 2.45) is 10.6 Å². The van der Waals surface area contributed by atoms with Crippen LogP contribution in [0.25, 0.3) is 0 Å². The molecule has 0 fully saturated rings. The molecule has 2 heteroatoms. The minimum absolute atomic E-state index is 0.370. The molecule has 0 spiro atoms. The number of hydrogen-bond acceptors (Lipinski definition) is 2. The molecule has 0 aromatic heterocycles. The fourth-order valence-electron chi connectivity index (χ4n) is 1.10. The second kappa shape index (κ2) is 4.01. The molecule has 0 unspecified atom stereocenters. The highest BCUT2D eigenvalue weighted by Gasteiger charge is 2.19. The molecule has 0 atom stereocenters. The zero-order valence-corrected chi connectivity index (χ0v) is 8.98. The first kappa shape index (κ1) is 11.6. The van der Waals surface area contributed by atoms with Crippen molar-refractivity contribution in [1.29, 1.82) is 0 Å². The van der Waals surface area contributed by atoms with Crippen LogP contribution < -0.4 is 0 Å². The van der Waals surface area contributed by atoms with Crippen molar-refractivity contribution < 1.29 is 0 Å². The molecule has 0 aliphatic carbocycles. The van der Waals surface area contributed by atoms with E-state index in [-0.39, 0.29) is 5.54 Å². The predicted molar refractivity (Wildman–Crippen MR) is 53.2 cm³/mol. The van der Waals surface area contributed by atoms with E-state index in [0.717, 1.165) is 19.3 Å². The molecule has 0 aromatic rings. The van der Waals surface area contributed by atoms with Gasteiger partial charge in [-0.2, -0.15) is 4.91 Å². The fraction of sp³-hybridized carbons (Fsp3) is 1.00. The molecule has 0 aliphatic heterocycles. The molecule has 0 N–H and O–H groups in total. The Morgan fingerprint density at radius 1 is 1.00 bits per heavy atom. The predicted octanol–water partition coefficient (Wildman–Crippen LogP) is 3.75. The van der Waals surface area contributed by atoms with Crippen molar-refractivity contribution in [2.45, 2.75) is 59.4 Å². The van der Waals surface area contributed by atoms with E-state index in [1.807, 2.05) is 13.8 Å². The Kier molecular flexibility index (Phi) is 3.88. The molecular formula is C10H21NO. The van der Waals surface area contributed by atoms with Gasteiger partial charge in [0.15, 0.2) is 0 Å². The topological polar surface area (TPSA) is 29.4 Å². The number of hydrogen-bond donors (Lipinski definition) is 0. The number of nitroso groups, excluding NO2 is 1. The van der Waals surface area contributed by atoms with Crippen LogP contribution in [0.3, 0.4) is 0 Å². The maximum absolute atomic E-state index is 10.3. The van der Waals surface area contributed by atoms with Crippen LogP contribution in [0.2, 0.25) is 0 Å². The lowest BCUT2D eigenvalue weighted by Gasteiger charge is -2.20. The van der Waals surface area contributed by atoms with Gasteiger partial charge in [0.25, 0.3) is 0 Å². The SMILES string of the molecule is CC(C)(C)CCCC(C)(C)N=O. The van der Waals surface area contributed by atoms with Crippen molar-refractivity contribution in [2.75, 3.05) is 0 Å². The van der Waals surface area contributed by atoms with Crippen molar-refractivity contribution in [1.82, 2.24) is 0 Å². The molecule has 0 amide bonds. The quantitative estimate of drug-likeness (QED) is 0.592. The van der Waals surface area contributed by atoms with Gasteiger partial charge in [-0.05, 0) is 32.1 Å². The van der Waals surface area contributed by atoms with E-state index >= 15 is 0 Å². The fourth-order valence-corrected chi connectivity index (χ4v) is 1.10. The third-order valence-corrected chi connectivity index (χ3v) is 1.96. The monoisotopic (exact) mass is 171 g/mol. The molecular weight excluding hydrogens is 150 g/mol. The molecule has 12 heavy (non-hydrogen) atoms. The molecule has 72 valence electrons. The van der Waals surface area contributed by atoms with Crippen LogP contribution in [0.15, 0.2) is 5.18 Å². The van der Waals surface area contributed by atoms with E-state index in [1.165, 1.54) is 0 Å². The molecule has 0 saturated carbocycles. The van der Waals surface area contributed by atoms with Crippen LogP contribution in [0.5, 0.6) is 0 Å². The van der Waals surface area contributed by atoms with Crippen molar-refractivity contribution in [3.8, 4) is 0 Å². The molecule has 0 heterocycles. The smallest absolute Gasteiger partial charge is 0.0970 e. The highest BCUT2D eigenvalue weighted by molar-refractivity contribution is 4.77. The lowest BCUT2D eigenvalue weighted by molar-refractivity contribution is 0.334. The van der Waals surface area contributed by atoms with Crippen LogP contribution >= 0.6 is 0 Å². The number of nitrogens with zero attached hydrogens (tertiary/aromatic N) is 1. The summed E-state index contributed by atoms with van der Waals surface area (Å²) in [6.07, 6.45) is 3.14. The Hall–Kier alpha value is -0.400. The lowest BCUT2D eigenvalue weighted by Crippen LogP contribution is -2.16. The maximum atomic E-state index is 10.3. The molecule has 0 radical (unpaired) electrons. The summed E-state index contributed by atoms with van der Waals surface area (Å²) in [5.74, 6) is 0. The minimum atomic E-state index is -0.370. The Labute approximate surface area is 75.7 Å². The van der Waals surface area contributed by atoms with Gasteiger partial charge in [0.05, 0.1) is 5.54 Å². The van der Waals surface area contributed by atoms with E-state index in [2.05, 4.69) is 25.9 Å². The third-order valence-electron chi connectivity index (χ3n) is 1.96. The Morgan fingerprint density at radius 3 is 1.83 bits per heavy atom. The van der Waals surface area contributed by atoms with Crippen LogP contribution in [-0.4, -0.2) is 5.54 Å². The first-order valence-corrected chi connectivity index (χ1v) is 4.61. The van der Waals surface area contributed by atoms with E-state index in [0.29, 0.717) is 5.41 Å². The van der Waals surface area contributed by atoms with Gasteiger partial charge in [-0.1, -0.05) is 32.4 Å². The van der Waals surface area contributed by atoms with Crippen LogP contribution in [-0.2, 0) is 0 Å². The van der Waals surface area contributed by atoms with E-state index in [9.17, 15) is 4.91 Å². The molecule has 0 bridgehead atoms. The molecule has 0 aliphatic rings. The van der Waals surface area contributed by atoms with Crippen molar-refractivity contribution >= 4 is 0 Å². The standard InChI is InChI=1S/C10H21NO/c1-9(2,3)7-6-8-10(4,5)11-12/h6-8H2,1-5H3. The Balaban J connectivity index is 3.64. The lowest BCUT2D eigenvalue weighted by atomic mass is 9.87. The Morgan fingerprint density at radius 2 is 1.50 bits per heavy atom. The van der Waals surface area contributed by atoms with Gasteiger partial charge in [0.2, 0.25) is 0 Å². The molecule has 0 rings (SSSR count). The highest BCUT2D eigenvalue weighted by atomic mass is 16.3.